The number of hydrogen-bond donors (Lipinski definition) is 0. The summed E-state index contributed by atoms with van der Waals surface area (Å²) in [5.41, 5.74) is 15.2. The molecule has 0 heterocycles. The zero-order valence-electron chi connectivity index (χ0n) is 28.3. The summed E-state index contributed by atoms with van der Waals surface area (Å²) in [6.07, 6.45) is 21.4. The van der Waals surface area contributed by atoms with Crippen molar-refractivity contribution in [3.05, 3.63) is 150 Å². The van der Waals surface area contributed by atoms with Crippen LogP contribution in [0.3, 0.4) is 0 Å². The Morgan fingerprint density at radius 1 is 0.792 bits per heavy atom. The average Bonchev–Trinajstić information content (AvgIpc) is 3.79. The summed E-state index contributed by atoms with van der Waals surface area (Å²) in [7, 11) is 0. The van der Waals surface area contributed by atoms with Gasteiger partial charge in [0.25, 0.3) is 0 Å². The monoisotopic (exact) mass is 786 g/mol. The molecule has 3 aromatic rings. The molecule has 1 atom stereocenters. The Hall–Kier alpha value is -1.99. The van der Waals surface area contributed by atoms with Gasteiger partial charge >= 0.3 is 293 Å². The summed E-state index contributed by atoms with van der Waals surface area (Å²) >= 11 is 10.2. The molecule has 0 spiro atoms. The number of allylic oxidation sites excluding steroid dienone is 10. The van der Waals surface area contributed by atoms with E-state index in [0.717, 1.165) is 22.9 Å². The summed E-state index contributed by atoms with van der Waals surface area (Å²) in [4.78, 5) is 0. The number of rotatable bonds is 4. The number of benzene rings is 3. The maximum absolute atomic E-state index is 6.48. The summed E-state index contributed by atoms with van der Waals surface area (Å²) in [6.45, 7) is 14.7. The Kier molecular flexibility index (Phi) is 9.68. The normalized spacial score (nSPS) is 20.2. The zero-order valence-corrected chi connectivity index (χ0v) is 33.8. The topological polar surface area (TPSA) is 0 Å². The van der Waals surface area contributed by atoms with E-state index in [1.807, 2.05) is 0 Å². The van der Waals surface area contributed by atoms with Gasteiger partial charge in [-0.1, -0.05) is 0 Å². The van der Waals surface area contributed by atoms with Crippen LogP contribution in [0.1, 0.15) is 81.3 Å². The fourth-order valence-corrected chi connectivity index (χ4v) is 19.8. The minimum absolute atomic E-state index is 0. The molecular formula is C43H40Cl4Zr. The first-order valence-corrected chi connectivity index (χ1v) is 21.4. The molecule has 0 bridgehead atoms. The van der Waals surface area contributed by atoms with E-state index in [1.165, 1.54) is 33.1 Å². The Morgan fingerprint density at radius 2 is 1.38 bits per heavy atom. The molecule has 0 fully saturated rings. The summed E-state index contributed by atoms with van der Waals surface area (Å²) in [5, 5.41) is 4.58. The minimum atomic E-state index is -2.73. The van der Waals surface area contributed by atoms with Crippen molar-refractivity contribution >= 4 is 49.2 Å². The fourth-order valence-electron chi connectivity index (χ4n) is 9.31. The molecule has 3 aromatic carbocycles. The molecule has 0 amide bonds. The van der Waals surface area contributed by atoms with Crippen molar-refractivity contribution < 1.29 is 46.1 Å². The predicted octanol–water partition coefficient (Wildman–Crippen LogP) is 4.55. The van der Waals surface area contributed by atoms with Crippen LogP contribution in [0.5, 0.6) is 0 Å². The first kappa shape index (κ1) is 35.8. The van der Waals surface area contributed by atoms with Crippen LogP contribution in [0.15, 0.2) is 96.6 Å². The first-order chi connectivity index (χ1) is 22.0. The van der Waals surface area contributed by atoms with Gasteiger partial charge in [0.2, 0.25) is 0 Å². The molecule has 5 aliphatic carbocycles. The molecule has 0 radical (unpaired) electrons. The largest absolute Gasteiger partial charge is 1.00 e. The molecule has 0 N–H and O–H groups in total. The van der Waals surface area contributed by atoms with Crippen LogP contribution >= 0.6 is 23.2 Å². The van der Waals surface area contributed by atoms with Crippen molar-refractivity contribution in [3.63, 3.8) is 0 Å². The van der Waals surface area contributed by atoms with Crippen molar-refractivity contribution in [2.24, 2.45) is 5.41 Å². The molecular weight excluding hydrogens is 750 g/mol. The van der Waals surface area contributed by atoms with Crippen LogP contribution in [0.2, 0.25) is 17.3 Å². The standard InChI is InChI=1S/C25H27.C13H8Cl2.C5H5.2ClH.Zr/c1-14-7-8-17-20(14)22-18(23-21(17)15(2)12-25(23,5)6)11-16-9-10-24(3,4)13-19(16)22;14-12-5-1-10(2-6-12)9-11-3-7-13(15)8-4-11;1-2-4-5-3-1;;;/h7-10,12H,11,13H2,1-6H3;1-8H;1-5H;2*1H;/q;;;;;+2/p-2. The summed E-state index contributed by atoms with van der Waals surface area (Å²) in [5.74, 6) is 0. The van der Waals surface area contributed by atoms with E-state index in [4.69, 9.17) is 23.2 Å². The number of hydrogen-bond acceptors (Lipinski definition) is 0. The number of fused-ring (bicyclic) bond motifs is 7. The Morgan fingerprint density at radius 3 is 1.96 bits per heavy atom. The summed E-state index contributed by atoms with van der Waals surface area (Å²) < 4.78 is 2.48. The Bertz CT molecular complexity index is 2110. The minimum Gasteiger partial charge on any atom is -1.00 e. The van der Waals surface area contributed by atoms with Gasteiger partial charge in [-0.25, -0.2) is 0 Å². The third kappa shape index (κ3) is 5.56. The van der Waals surface area contributed by atoms with Crippen molar-refractivity contribution in [1.29, 1.82) is 0 Å². The maximum Gasteiger partial charge on any atom is -1.00 e. The molecule has 0 aliphatic heterocycles. The van der Waals surface area contributed by atoms with E-state index in [-0.39, 0.29) is 35.6 Å². The third-order valence-electron chi connectivity index (χ3n) is 11.1. The van der Waals surface area contributed by atoms with Gasteiger partial charge < -0.3 is 24.8 Å². The smallest absolute Gasteiger partial charge is 1.00 e. The van der Waals surface area contributed by atoms with Gasteiger partial charge in [0.1, 0.15) is 0 Å². The average molecular weight is 790 g/mol. The van der Waals surface area contributed by atoms with Gasteiger partial charge in [-0.05, 0) is 0 Å². The van der Waals surface area contributed by atoms with Crippen LogP contribution in [0.4, 0.5) is 0 Å². The molecule has 0 saturated heterocycles. The molecule has 0 saturated carbocycles. The van der Waals surface area contributed by atoms with Crippen LogP contribution in [-0.2, 0) is 33.1 Å². The molecule has 0 nitrogen and oxygen atoms in total. The maximum atomic E-state index is 6.48. The van der Waals surface area contributed by atoms with Crippen LogP contribution < -0.4 is 35.3 Å². The van der Waals surface area contributed by atoms with Crippen LogP contribution in [-0.4, -0.2) is 3.21 Å². The summed E-state index contributed by atoms with van der Waals surface area (Å²) in [6, 6.07) is 17.3. The second-order valence-corrected chi connectivity index (χ2v) is 22.5. The third-order valence-corrected chi connectivity index (χ3v) is 21.5. The van der Waals surface area contributed by atoms with Gasteiger partial charge in [0.15, 0.2) is 0 Å². The van der Waals surface area contributed by atoms with Gasteiger partial charge in [-0.3, -0.25) is 0 Å². The van der Waals surface area contributed by atoms with Gasteiger partial charge in [-0.2, -0.15) is 0 Å². The van der Waals surface area contributed by atoms with E-state index >= 15 is 0 Å². The SMILES string of the molecule is CC1=CC=c2c1c1c(c3c2=C(C)[CH]([Zr+2](=[C](c2ccc(Cl)cc2)c2ccc(Cl)cc2)[CH]2C=CC=C2)C3(C)C)CC2=C1CC(C)(C)C=C2.[Cl-].[Cl-]. The predicted molar refractivity (Wildman–Crippen MR) is 196 cm³/mol. The Labute approximate surface area is 315 Å². The van der Waals surface area contributed by atoms with Crippen molar-refractivity contribution in [1.82, 2.24) is 0 Å². The second-order valence-electron chi connectivity index (χ2n) is 15.1. The van der Waals surface area contributed by atoms with Gasteiger partial charge in [0, 0.05) is 0 Å². The molecule has 5 aliphatic rings. The molecule has 8 rings (SSSR count). The number of halogens is 4. The van der Waals surface area contributed by atoms with E-state index in [1.54, 1.807) is 36.3 Å². The van der Waals surface area contributed by atoms with Gasteiger partial charge in [-0.15, -0.1) is 0 Å². The van der Waals surface area contributed by atoms with Crippen LogP contribution in [0, 0.1) is 5.41 Å². The first-order valence-electron chi connectivity index (χ1n) is 16.6. The quantitative estimate of drug-likeness (QED) is 0.365. The van der Waals surface area contributed by atoms with E-state index in [9.17, 15) is 0 Å². The second kappa shape index (κ2) is 13.0. The molecule has 5 heteroatoms. The van der Waals surface area contributed by atoms with Crippen LogP contribution in [0.25, 0.3) is 22.8 Å². The van der Waals surface area contributed by atoms with E-state index < -0.39 is 21.3 Å². The van der Waals surface area contributed by atoms with E-state index in [0.29, 0.717) is 7.25 Å². The fraction of sp³-hybridized carbons (Fsp3) is 0.279. The molecule has 1 unspecified atom stereocenters. The zero-order chi connectivity index (χ0) is 32.1. The Balaban J connectivity index is 0.00000201. The molecule has 0 aromatic heterocycles. The molecule has 48 heavy (non-hydrogen) atoms. The van der Waals surface area contributed by atoms with Gasteiger partial charge in [0.05, 0.1) is 0 Å². The van der Waals surface area contributed by atoms with Crippen molar-refractivity contribution in [2.75, 3.05) is 0 Å². The van der Waals surface area contributed by atoms with E-state index in [2.05, 4.69) is 139 Å². The molecule has 244 valence electrons. The van der Waals surface area contributed by atoms with Crippen molar-refractivity contribution in [3.8, 4) is 0 Å². The van der Waals surface area contributed by atoms with Crippen molar-refractivity contribution in [2.45, 2.75) is 67.1 Å².